The smallest absolute Gasteiger partial charge is 0.233 e. The quantitative estimate of drug-likeness (QED) is 0.751. The second-order valence-electron chi connectivity index (χ2n) is 6.28. The third-order valence-corrected chi connectivity index (χ3v) is 3.32. The minimum absolute atomic E-state index is 0.248. The van der Waals surface area contributed by atoms with E-state index in [-0.39, 0.29) is 12.1 Å². The monoisotopic (exact) mass is 314 g/mol. The van der Waals surface area contributed by atoms with Crippen molar-refractivity contribution in [1.82, 2.24) is 15.0 Å². The number of hydrogen-bond donors (Lipinski definition) is 3. The number of anilines is 4. The van der Waals surface area contributed by atoms with Crippen LogP contribution in [0.25, 0.3) is 0 Å². The second-order valence-corrected chi connectivity index (χ2v) is 6.28. The van der Waals surface area contributed by atoms with Gasteiger partial charge in [0.25, 0.3) is 0 Å². The van der Waals surface area contributed by atoms with Crippen molar-refractivity contribution in [2.24, 2.45) is 0 Å². The van der Waals surface area contributed by atoms with Crippen molar-refractivity contribution in [3.63, 3.8) is 0 Å². The fourth-order valence-electron chi connectivity index (χ4n) is 2.08. The van der Waals surface area contributed by atoms with Crippen LogP contribution in [0, 0.1) is 13.8 Å². The molecule has 6 heteroatoms. The number of aryl methyl sites for hydroxylation is 1. The first-order chi connectivity index (χ1) is 10.8. The predicted molar refractivity (Wildman–Crippen MR) is 96.5 cm³/mol. The molecule has 0 saturated heterocycles. The van der Waals surface area contributed by atoms with Gasteiger partial charge >= 0.3 is 0 Å². The lowest BCUT2D eigenvalue weighted by molar-refractivity contribution is 0.847. The molecule has 0 radical (unpaired) electrons. The average Bonchev–Trinajstić information content (AvgIpc) is 2.42. The van der Waals surface area contributed by atoms with Gasteiger partial charge in [-0.2, -0.15) is 15.0 Å². The molecule has 0 amide bonds. The summed E-state index contributed by atoms with van der Waals surface area (Å²) in [5.74, 6) is 1.65. The maximum atomic E-state index is 4.46. The van der Waals surface area contributed by atoms with Crippen LogP contribution in [0.1, 0.15) is 38.8 Å². The highest BCUT2D eigenvalue weighted by atomic mass is 15.3. The Hall–Kier alpha value is -2.37. The molecule has 0 saturated carbocycles. The van der Waals surface area contributed by atoms with E-state index in [9.17, 15) is 0 Å². The minimum Gasteiger partial charge on any atom is -0.352 e. The van der Waals surface area contributed by atoms with Crippen LogP contribution in [0.3, 0.4) is 0 Å². The van der Waals surface area contributed by atoms with E-state index in [2.05, 4.69) is 78.5 Å². The summed E-state index contributed by atoms with van der Waals surface area (Å²) in [4.78, 5) is 13.3. The van der Waals surface area contributed by atoms with Crippen molar-refractivity contribution in [2.45, 2.75) is 53.6 Å². The average molecular weight is 314 g/mol. The summed E-state index contributed by atoms with van der Waals surface area (Å²) in [7, 11) is 0. The summed E-state index contributed by atoms with van der Waals surface area (Å²) in [5.41, 5.74) is 3.41. The standard InChI is InChI=1S/C17H26N6/c1-10(2)18-15-21-16(19-11(3)4)23-17(22-15)20-14-9-7-8-12(5)13(14)6/h7-11H,1-6H3,(H3,18,19,20,21,22,23). The van der Waals surface area contributed by atoms with Crippen molar-refractivity contribution < 1.29 is 0 Å². The van der Waals surface area contributed by atoms with Crippen LogP contribution >= 0.6 is 0 Å². The molecule has 2 aromatic rings. The van der Waals surface area contributed by atoms with E-state index in [1.165, 1.54) is 11.1 Å². The van der Waals surface area contributed by atoms with Crippen LogP contribution in [0.5, 0.6) is 0 Å². The normalized spacial score (nSPS) is 11.0. The van der Waals surface area contributed by atoms with Crippen molar-refractivity contribution in [3.05, 3.63) is 29.3 Å². The number of nitrogens with one attached hydrogen (secondary N) is 3. The summed E-state index contributed by atoms with van der Waals surface area (Å²) < 4.78 is 0. The van der Waals surface area contributed by atoms with E-state index in [1.54, 1.807) is 0 Å². The van der Waals surface area contributed by atoms with Crippen molar-refractivity contribution >= 4 is 23.5 Å². The van der Waals surface area contributed by atoms with Crippen molar-refractivity contribution in [1.29, 1.82) is 0 Å². The zero-order valence-electron chi connectivity index (χ0n) is 14.7. The molecule has 124 valence electrons. The molecular weight excluding hydrogens is 288 g/mol. The molecule has 0 fully saturated rings. The topological polar surface area (TPSA) is 74.8 Å². The van der Waals surface area contributed by atoms with Gasteiger partial charge in [-0.05, 0) is 58.7 Å². The van der Waals surface area contributed by atoms with Gasteiger partial charge in [-0.3, -0.25) is 0 Å². The lowest BCUT2D eigenvalue weighted by atomic mass is 10.1. The van der Waals surface area contributed by atoms with Crippen LogP contribution in [0.4, 0.5) is 23.5 Å². The van der Waals surface area contributed by atoms with Gasteiger partial charge in [-0.15, -0.1) is 0 Å². The molecule has 0 spiro atoms. The Bertz CT molecular complexity index is 638. The maximum absolute atomic E-state index is 4.46. The number of aromatic nitrogens is 3. The van der Waals surface area contributed by atoms with E-state index in [0.717, 1.165) is 5.69 Å². The number of benzene rings is 1. The summed E-state index contributed by atoms with van der Waals surface area (Å²) in [6.07, 6.45) is 0. The number of nitrogens with zero attached hydrogens (tertiary/aromatic N) is 3. The first kappa shape index (κ1) is 17.0. The Morgan fingerprint density at radius 3 is 1.83 bits per heavy atom. The largest absolute Gasteiger partial charge is 0.352 e. The van der Waals surface area contributed by atoms with Gasteiger partial charge in [0.15, 0.2) is 0 Å². The summed E-state index contributed by atoms with van der Waals surface area (Å²) >= 11 is 0. The van der Waals surface area contributed by atoms with Crippen LogP contribution in [-0.4, -0.2) is 27.0 Å². The molecule has 0 atom stereocenters. The Balaban J connectivity index is 2.34. The summed E-state index contributed by atoms with van der Waals surface area (Å²) in [6.45, 7) is 12.4. The van der Waals surface area contributed by atoms with E-state index in [0.29, 0.717) is 17.8 Å². The Kier molecular flexibility index (Phi) is 5.36. The van der Waals surface area contributed by atoms with Gasteiger partial charge in [0.05, 0.1) is 0 Å². The first-order valence-corrected chi connectivity index (χ1v) is 7.97. The zero-order chi connectivity index (χ0) is 17.0. The highest BCUT2D eigenvalue weighted by Crippen LogP contribution is 2.22. The van der Waals surface area contributed by atoms with E-state index in [4.69, 9.17) is 0 Å². The number of rotatable bonds is 6. The highest BCUT2D eigenvalue weighted by molar-refractivity contribution is 5.61. The van der Waals surface area contributed by atoms with Gasteiger partial charge in [0, 0.05) is 17.8 Å². The van der Waals surface area contributed by atoms with Crippen LogP contribution in [-0.2, 0) is 0 Å². The first-order valence-electron chi connectivity index (χ1n) is 7.97. The van der Waals surface area contributed by atoms with Crippen molar-refractivity contribution in [2.75, 3.05) is 16.0 Å². The fourth-order valence-corrected chi connectivity index (χ4v) is 2.08. The fraction of sp³-hybridized carbons (Fsp3) is 0.471. The molecule has 3 N–H and O–H groups in total. The molecule has 0 aliphatic heterocycles. The zero-order valence-corrected chi connectivity index (χ0v) is 14.7. The number of hydrogen-bond acceptors (Lipinski definition) is 6. The molecule has 1 aromatic heterocycles. The Morgan fingerprint density at radius 2 is 1.30 bits per heavy atom. The molecule has 0 aliphatic rings. The lowest BCUT2D eigenvalue weighted by Crippen LogP contribution is -2.18. The molecule has 0 bridgehead atoms. The van der Waals surface area contributed by atoms with E-state index >= 15 is 0 Å². The van der Waals surface area contributed by atoms with Gasteiger partial charge in [0.1, 0.15) is 0 Å². The second kappa shape index (κ2) is 7.26. The Morgan fingerprint density at radius 1 is 0.783 bits per heavy atom. The molecule has 23 heavy (non-hydrogen) atoms. The third-order valence-electron chi connectivity index (χ3n) is 3.32. The van der Waals surface area contributed by atoms with E-state index in [1.807, 2.05) is 12.1 Å². The predicted octanol–water partition coefficient (Wildman–Crippen LogP) is 3.87. The summed E-state index contributed by atoms with van der Waals surface area (Å²) in [6, 6.07) is 6.63. The SMILES string of the molecule is Cc1cccc(Nc2nc(NC(C)C)nc(NC(C)C)n2)c1C. The van der Waals surface area contributed by atoms with Crippen LogP contribution in [0.15, 0.2) is 18.2 Å². The molecular formula is C17H26N6. The molecule has 1 aromatic carbocycles. The van der Waals surface area contributed by atoms with Gasteiger partial charge in [-0.25, -0.2) is 0 Å². The Labute approximate surface area is 138 Å². The minimum atomic E-state index is 0.248. The maximum Gasteiger partial charge on any atom is 0.233 e. The van der Waals surface area contributed by atoms with Crippen LogP contribution < -0.4 is 16.0 Å². The summed E-state index contributed by atoms with van der Waals surface area (Å²) in [5, 5.41) is 9.75. The van der Waals surface area contributed by atoms with Gasteiger partial charge in [-0.1, -0.05) is 12.1 Å². The van der Waals surface area contributed by atoms with Crippen molar-refractivity contribution in [3.8, 4) is 0 Å². The van der Waals surface area contributed by atoms with Gasteiger partial charge < -0.3 is 16.0 Å². The molecule has 1 heterocycles. The van der Waals surface area contributed by atoms with Gasteiger partial charge in [0.2, 0.25) is 17.8 Å². The molecule has 2 rings (SSSR count). The highest BCUT2D eigenvalue weighted by Gasteiger charge is 2.10. The molecule has 0 unspecified atom stereocenters. The van der Waals surface area contributed by atoms with E-state index < -0.39 is 0 Å². The lowest BCUT2D eigenvalue weighted by Gasteiger charge is -2.15. The third kappa shape index (κ3) is 4.81. The molecule has 6 nitrogen and oxygen atoms in total. The van der Waals surface area contributed by atoms with Crippen LogP contribution in [0.2, 0.25) is 0 Å². The molecule has 0 aliphatic carbocycles.